The average Bonchev–Trinajstić information content (AvgIpc) is 2.58. The van der Waals surface area contributed by atoms with Gasteiger partial charge in [0.25, 0.3) is 0 Å². The summed E-state index contributed by atoms with van der Waals surface area (Å²) in [6.07, 6.45) is 0. The number of rotatable bonds is 6. The lowest BCUT2D eigenvalue weighted by molar-refractivity contribution is -0.122. The Morgan fingerprint density at radius 1 is 1.47 bits per heavy atom. The average molecular weight is 284 g/mol. The topological polar surface area (TPSA) is 69.6 Å². The highest BCUT2D eigenvalue weighted by molar-refractivity contribution is 7.14. The van der Waals surface area contributed by atoms with E-state index >= 15 is 0 Å². The highest BCUT2D eigenvalue weighted by Gasteiger charge is 2.14. The van der Waals surface area contributed by atoms with Crippen LogP contribution in [0.2, 0.25) is 0 Å². The van der Waals surface area contributed by atoms with Gasteiger partial charge in [0.15, 0.2) is 0 Å². The zero-order chi connectivity index (χ0) is 14.6. The van der Waals surface area contributed by atoms with E-state index in [0.29, 0.717) is 18.0 Å². The third-order valence-electron chi connectivity index (χ3n) is 2.53. The van der Waals surface area contributed by atoms with Crippen LogP contribution in [0.15, 0.2) is 6.07 Å². The first kappa shape index (κ1) is 15.7. The maximum atomic E-state index is 11.6. The van der Waals surface area contributed by atoms with Crippen molar-refractivity contribution in [1.82, 2.24) is 10.2 Å². The van der Waals surface area contributed by atoms with E-state index in [0.717, 1.165) is 10.4 Å². The molecule has 0 saturated carbocycles. The molecule has 0 radical (unpaired) electrons. The number of carbonyl (C=O) groups is 2. The quantitative estimate of drug-likeness (QED) is 0.834. The number of hydrogen-bond donors (Lipinski definition) is 2. The molecule has 0 unspecified atom stereocenters. The second-order valence-corrected chi connectivity index (χ2v) is 6.15. The molecule has 1 aromatic rings. The third-order valence-corrected chi connectivity index (χ3v) is 3.62. The fraction of sp³-hybridized carbons (Fsp3) is 0.538. The fourth-order valence-corrected chi connectivity index (χ4v) is 2.61. The Labute approximate surface area is 117 Å². The van der Waals surface area contributed by atoms with Crippen molar-refractivity contribution in [3.8, 4) is 0 Å². The molecule has 1 rings (SSSR count). The number of aromatic carboxylic acids is 1. The molecule has 2 N–H and O–H groups in total. The van der Waals surface area contributed by atoms with E-state index in [1.807, 2.05) is 32.7 Å². The Bertz CT molecular complexity index is 468. The molecule has 5 nitrogen and oxygen atoms in total. The van der Waals surface area contributed by atoms with Gasteiger partial charge in [-0.2, -0.15) is 0 Å². The van der Waals surface area contributed by atoms with Crippen LogP contribution in [-0.4, -0.2) is 41.5 Å². The molecule has 0 aliphatic rings. The van der Waals surface area contributed by atoms with E-state index in [9.17, 15) is 9.59 Å². The van der Waals surface area contributed by atoms with Crippen molar-refractivity contribution in [2.45, 2.75) is 33.4 Å². The van der Waals surface area contributed by atoms with Crippen molar-refractivity contribution in [3.63, 3.8) is 0 Å². The van der Waals surface area contributed by atoms with Gasteiger partial charge in [0.05, 0.1) is 6.54 Å². The molecule has 0 atom stereocenters. The van der Waals surface area contributed by atoms with E-state index in [2.05, 4.69) is 5.32 Å². The van der Waals surface area contributed by atoms with Crippen molar-refractivity contribution in [3.05, 3.63) is 21.4 Å². The SMILES string of the molecule is Cc1sc(C(=O)O)cc1CN(C)CC(=O)NC(C)C. The molecule has 1 amide bonds. The lowest BCUT2D eigenvalue weighted by Gasteiger charge is -2.17. The molecule has 0 aliphatic carbocycles. The lowest BCUT2D eigenvalue weighted by Crippen LogP contribution is -2.38. The minimum Gasteiger partial charge on any atom is -0.477 e. The fourth-order valence-electron chi connectivity index (χ4n) is 1.74. The molecule has 0 fully saturated rings. The number of nitrogens with zero attached hydrogens (tertiary/aromatic N) is 1. The largest absolute Gasteiger partial charge is 0.477 e. The van der Waals surface area contributed by atoms with Gasteiger partial charge in [-0.1, -0.05) is 0 Å². The summed E-state index contributed by atoms with van der Waals surface area (Å²) in [4.78, 5) is 25.7. The highest BCUT2D eigenvalue weighted by Crippen LogP contribution is 2.22. The summed E-state index contributed by atoms with van der Waals surface area (Å²) in [6.45, 7) is 6.60. The molecule has 1 heterocycles. The van der Waals surface area contributed by atoms with Gasteiger partial charge in [-0.05, 0) is 39.4 Å². The molecular formula is C13H20N2O3S. The van der Waals surface area contributed by atoms with Crippen LogP contribution in [0, 0.1) is 6.92 Å². The molecule has 6 heteroatoms. The van der Waals surface area contributed by atoms with Crippen LogP contribution >= 0.6 is 11.3 Å². The number of thiophene rings is 1. The molecule has 106 valence electrons. The second kappa shape index (κ2) is 6.68. The summed E-state index contributed by atoms with van der Waals surface area (Å²) in [5, 5.41) is 11.8. The first-order valence-corrected chi connectivity index (χ1v) is 6.91. The van der Waals surface area contributed by atoms with Crippen molar-refractivity contribution < 1.29 is 14.7 Å². The summed E-state index contributed by atoms with van der Waals surface area (Å²) in [5.74, 6) is -0.927. The highest BCUT2D eigenvalue weighted by atomic mass is 32.1. The summed E-state index contributed by atoms with van der Waals surface area (Å²) < 4.78 is 0. The van der Waals surface area contributed by atoms with Crippen molar-refractivity contribution >= 4 is 23.2 Å². The number of amides is 1. The van der Waals surface area contributed by atoms with Gasteiger partial charge >= 0.3 is 5.97 Å². The number of hydrogen-bond acceptors (Lipinski definition) is 4. The van der Waals surface area contributed by atoms with Gasteiger partial charge in [0.2, 0.25) is 5.91 Å². The van der Waals surface area contributed by atoms with Crippen LogP contribution in [-0.2, 0) is 11.3 Å². The molecular weight excluding hydrogens is 264 g/mol. The maximum absolute atomic E-state index is 11.6. The summed E-state index contributed by atoms with van der Waals surface area (Å²) in [5.41, 5.74) is 0.960. The monoisotopic (exact) mass is 284 g/mol. The van der Waals surface area contributed by atoms with Crippen LogP contribution in [0.1, 0.15) is 34.0 Å². The van der Waals surface area contributed by atoms with Gasteiger partial charge in [-0.3, -0.25) is 9.69 Å². The Kier molecular flexibility index (Phi) is 5.50. The van der Waals surface area contributed by atoms with Crippen molar-refractivity contribution in [2.75, 3.05) is 13.6 Å². The summed E-state index contributed by atoms with van der Waals surface area (Å²) in [7, 11) is 1.84. The van der Waals surface area contributed by atoms with Crippen molar-refractivity contribution in [1.29, 1.82) is 0 Å². The Hall–Kier alpha value is -1.40. The minimum atomic E-state index is -0.903. The van der Waals surface area contributed by atoms with Crippen molar-refractivity contribution in [2.24, 2.45) is 0 Å². The van der Waals surface area contributed by atoms with Crippen LogP contribution in [0.4, 0.5) is 0 Å². The molecule has 0 saturated heterocycles. The maximum Gasteiger partial charge on any atom is 0.345 e. The summed E-state index contributed by atoms with van der Waals surface area (Å²) >= 11 is 1.27. The molecule has 0 aromatic carbocycles. The first-order chi connectivity index (χ1) is 8.79. The van der Waals surface area contributed by atoms with E-state index in [-0.39, 0.29) is 11.9 Å². The number of carbonyl (C=O) groups excluding carboxylic acids is 1. The van der Waals surface area contributed by atoms with Gasteiger partial charge < -0.3 is 10.4 Å². The smallest absolute Gasteiger partial charge is 0.345 e. The zero-order valence-electron chi connectivity index (χ0n) is 11.7. The first-order valence-electron chi connectivity index (χ1n) is 6.10. The number of aryl methyl sites for hydroxylation is 1. The van der Waals surface area contributed by atoms with Gasteiger partial charge in [0.1, 0.15) is 4.88 Å². The number of carboxylic acid groups (broad SMARTS) is 1. The Balaban J connectivity index is 2.59. The van der Waals surface area contributed by atoms with Gasteiger partial charge in [-0.25, -0.2) is 4.79 Å². The van der Waals surface area contributed by atoms with Crippen LogP contribution < -0.4 is 5.32 Å². The predicted molar refractivity (Wildman–Crippen MR) is 75.6 cm³/mol. The van der Waals surface area contributed by atoms with Gasteiger partial charge in [-0.15, -0.1) is 11.3 Å². The predicted octanol–water partition coefficient (Wildman–Crippen LogP) is 1.71. The number of likely N-dealkylation sites (N-methyl/N-ethyl adjacent to an activating group) is 1. The van der Waals surface area contributed by atoms with E-state index in [4.69, 9.17) is 5.11 Å². The molecule has 0 bridgehead atoms. The lowest BCUT2D eigenvalue weighted by atomic mass is 10.2. The Morgan fingerprint density at radius 2 is 2.11 bits per heavy atom. The normalized spacial score (nSPS) is 11.1. The number of carboxylic acids is 1. The van der Waals surface area contributed by atoms with Crippen LogP contribution in [0.25, 0.3) is 0 Å². The van der Waals surface area contributed by atoms with E-state index < -0.39 is 5.97 Å². The summed E-state index contributed by atoms with van der Waals surface area (Å²) in [6, 6.07) is 1.81. The molecule has 19 heavy (non-hydrogen) atoms. The van der Waals surface area contributed by atoms with E-state index in [1.165, 1.54) is 11.3 Å². The van der Waals surface area contributed by atoms with Gasteiger partial charge in [0, 0.05) is 17.5 Å². The minimum absolute atomic E-state index is 0.0242. The standard InChI is InChI=1S/C13H20N2O3S/c1-8(2)14-12(16)7-15(4)6-10-5-11(13(17)18)19-9(10)3/h5,8H,6-7H2,1-4H3,(H,14,16)(H,17,18). The number of nitrogens with one attached hydrogen (secondary N) is 1. The second-order valence-electron chi connectivity index (χ2n) is 4.89. The van der Waals surface area contributed by atoms with Crippen LogP contribution in [0.3, 0.4) is 0 Å². The van der Waals surface area contributed by atoms with E-state index in [1.54, 1.807) is 6.07 Å². The Morgan fingerprint density at radius 3 is 2.58 bits per heavy atom. The molecule has 0 spiro atoms. The molecule has 0 aliphatic heterocycles. The van der Waals surface area contributed by atoms with Crippen LogP contribution in [0.5, 0.6) is 0 Å². The zero-order valence-corrected chi connectivity index (χ0v) is 12.5. The molecule has 1 aromatic heterocycles. The third kappa shape index (κ3) is 5.00.